The Bertz CT molecular complexity index is 1910. The lowest BCUT2D eigenvalue weighted by molar-refractivity contribution is -0.140. The molecule has 3 aromatic carbocycles. The van der Waals surface area contributed by atoms with Crippen molar-refractivity contribution in [1.82, 2.24) is 20.5 Å². The fourth-order valence-electron chi connectivity index (χ4n) is 6.83. The summed E-state index contributed by atoms with van der Waals surface area (Å²) in [5.74, 6) is -1.51. The van der Waals surface area contributed by atoms with Gasteiger partial charge in [0.15, 0.2) is 5.58 Å². The van der Waals surface area contributed by atoms with Crippen LogP contribution in [-0.2, 0) is 32.1 Å². The van der Waals surface area contributed by atoms with Crippen LogP contribution < -0.4 is 16.4 Å². The monoisotopic (exact) mass is 765 g/mol. The predicted octanol–water partition coefficient (Wildman–Crippen LogP) is 4.52. The number of ketones is 1. The molecular formula is C41H48BN5O7S. The predicted molar refractivity (Wildman–Crippen MR) is 214 cm³/mol. The number of likely N-dealkylation sites (tertiary alicyclic amines) is 1. The third-order valence-electron chi connectivity index (χ3n) is 9.79. The minimum atomic E-state index is -1.01. The number of fused-ring (bicyclic) bond motifs is 1. The van der Waals surface area contributed by atoms with E-state index in [4.69, 9.17) is 19.6 Å². The molecular weight excluding hydrogens is 717 g/mol. The number of aryl methyl sites for hydroxylation is 1. The highest BCUT2D eigenvalue weighted by Crippen LogP contribution is 2.32. The van der Waals surface area contributed by atoms with Gasteiger partial charge < -0.3 is 35.2 Å². The molecule has 1 saturated heterocycles. The lowest BCUT2D eigenvalue weighted by atomic mass is 10.0. The molecule has 12 nitrogen and oxygen atoms in total. The summed E-state index contributed by atoms with van der Waals surface area (Å²) in [5.41, 5.74) is 8.56. The number of nitrogens with one attached hydrogen (secondary N) is 2. The summed E-state index contributed by atoms with van der Waals surface area (Å²) >= 11 is 1.76. The molecule has 0 aliphatic carbocycles. The van der Waals surface area contributed by atoms with Gasteiger partial charge in [-0.25, -0.2) is 9.78 Å². The second kappa shape index (κ2) is 19.6. The molecule has 0 bridgehead atoms. The third-order valence-corrected chi connectivity index (χ3v) is 11.0. The molecule has 4 aromatic rings. The number of carbonyl (C=O) groups is 4. The Morgan fingerprint density at radius 1 is 0.909 bits per heavy atom. The van der Waals surface area contributed by atoms with E-state index in [9.17, 15) is 19.2 Å². The fourth-order valence-corrected chi connectivity index (χ4v) is 7.87. The van der Waals surface area contributed by atoms with Crippen molar-refractivity contribution < 1.29 is 33.1 Å². The lowest BCUT2D eigenvalue weighted by Gasteiger charge is -2.29. The van der Waals surface area contributed by atoms with Gasteiger partial charge in [0.1, 0.15) is 32.1 Å². The number of benzene rings is 3. The number of amides is 3. The van der Waals surface area contributed by atoms with E-state index in [1.54, 1.807) is 36.0 Å². The number of nitrogens with two attached hydrogens (primary N) is 1. The Morgan fingerprint density at radius 2 is 1.64 bits per heavy atom. The lowest BCUT2D eigenvalue weighted by Crippen LogP contribution is -2.55. The number of hydrogen-bond acceptors (Lipinski definition) is 10. The summed E-state index contributed by atoms with van der Waals surface area (Å²) in [6, 6.07) is 23.1. The number of nitrogens with zero attached hydrogens (tertiary/aromatic N) is 2. The summed E-state index contributed by atoms with van der Waals surface area (Å²) in [6.07, 6.45) is 4.41. The van der Waals surface area contributed by atoms with Gasteiger partial charge in [0, 0.05) is 17.9 Å². The zero-order valence-corrected chi connectivity index (χ0v) is 31.9. The molecule has 1 unspecified atom stereocenters. The van der Waals surface area contributed by atoms with Gasteiger partial charge in [0.2, 0.25) is 17.6 Å². The molecule has 14 heteroatoms. The van der Waals surface area contributed by atoms with Gasteiger partial charge in [0.25, 0.3) is 5.89 Å². The summed E-state index contributed by atoms with van der Waals surface area (Å²) < 4.78 is 17.6. The minimum Gasteiger partial charge on any atom is -0.445 e. The van der Waals surface area contributed by atoms with E-state index in [1.165, 1.54) is 4.90 Å². The minimum absolute atomic E-state index is 0.0308. The van der Waals surface area contributed by atoms with E-state index in [0.717, 1.165) is 22.5 Å². The van der Waals surface area contributed by atoms with E-state index in [0.29, 0.717) is 55.1 Å². The van der Waals surface area contributed by atoms with Crippen molar-refractivity contribution in [2.75, 3.05) is 19.7 Å². The Hall–Kier alpha value is -4.92. The van der Waals surface area contributed by atoms with Crippen LogP contribution in [0, 0.1) is 0 Å². The maximum Gasteiger partial charge on any atom is 0.408 e. The number of thioether (sulfide) groups is 1. The summed E-state index contributed by atoms with van der Waals surface area (Å²) in [5, 5.41) is 6.20. The van der Waals surface area contributed by atoms with Crippen LogP contribution in [0.5, 0.6) is 0 Å². The number of unbranched alkanes of at least 4 members (excludes halogenated alkanes) is 1. The molecule has 1 fully saturated rings. The molecule has 0 radical (unpaired) electrons. The van der Waals surface area contributed by atoms with Crippen molar-refractivity contribution in [2.24, 2.45) is 5.73 Å². The molecule has 55 heavy (non-hydrogen) atoms. The first-order valence-electron chi connectivity index (χ1n) is 19.0. The number of alkyl carbamates (subject to hydrolysis) is 1. The zero-order valence-electron chi connectivity index (χ0n) is 31.1. The highest BCUT2D eigenvalue weighted by atomic mass is 32.2. The average Bonchev–Trinajstić information content (AvgIpc) is 3.96. The van der Waals surface area contributed by atoms with Crippen LogP contribution in [0.25, 0.3) is 11.1 Å². The van der Waals surface area contributed by atoms with Gasteiger partial charge in [-0.1, -0.05) is 78.9 Å². The highest BCUT2D eigenvalue weighted by Gasteiger charge is 2.44. The molecule has 6 rings (SSSR count). The molecule has 0 saturated carbocycles. The number of allylic oxidation sites excluding steroid dienone is 1. The standard InChI is InChI=1S/C41H48BN5O7S/c42-36-21-19-30(55-36)26-52-29-23-34(38(49)44-32(16-9-10-22-43)37(48)39-45-31-15-7-8-17-35(31)54-39)47(24-29)40(50)33(20-18-27-11-3-1-4-12-27)46-41(51)53-25-28-13-5-2-6-14-28/h1-8,11-15,17,19,29,32-34,36H,9-10,16,18,20-26,42-43H2,(H,44,49)(H,46,51)/t29-,32+,33-,34+,36?/m1/s1. The maximum absolute atomic E-state index is 14.6. The largest absolute Gasteiger partial charge is 0.445 e. The maximum atomic E-state index is 14.6. The van der Waals surface area contributed by atoms with Crippen LogP contribution in [0.3, 0.4) is 0 Å². The summed E-state index contributed by atoms with van der Waals surface area (Å²) in [7, 11) is 2.16. The van der Waals surface area contributed by atoms with Gasteiger partial charge >= 0.3 is 6.09 Å². The van der Waals surface area contributed by atoms with Crippen molar-refractivity contribution in [1.29, 1.82) is 0 Å². The second-order valence-electron chi connectivity index (χ2n) is 14.0. The zero-order chi connectivity index (χ0) is 38.6. The van der Waals surface area contributed by atoms with E-state index < -0.39 is 47.9 Å². The highest BCUT2D eigenvalue weighted by molar-refractivity contribution is 8.04. The van der Waals surface area contributed by atoms with Crippen molar-refractivity contribution in [3.8, 4) is 0 Å². The normalized spacial score (nSPS) is 19.1. The van der Waals surface area contributed by atoms with Gasteiger partial charge in [-0.05, 0) is 73.5 Å². The quantitative estimate of drug-likeness (QED) is 0.0745. The van der Waals surface area contributed by atoms with E-state index in [-0.39, 0.29) is 31.9 Å². The number of carbonyl (C=O) groups excluding carboxylic acids is 4. The molecule has 1 aromatic heterocycles. The molecule has 2 aliphatic rings. The van der Waals surface area contributed by atoms with Crippen LogP contribution in [0.4, 0.5) is 4.79 Å². The van der Waals surface area contributed by atoms with Crippen molar-refractivity contribution in [3.63, 3.8) is 0 Å². The number of hydrogen-bond donors (Lipinski definition) is 3. The van der Waals surface area contributed by atoms with Crippen LogP contribution >= 0.6 is 11.8 Å². The topological polar surface area (TPSA) is 166 Å². The number of ether oxygens (including phenoxy) is 2. The Balaban J connectivity index is 1.22. The smallest absolute Gasteiger partial charge is 0.408 e. The van der Waals surface area contributed by atoms with E-state index in [2.05, 4.69) is 29.5 Å². The van der Waals surface area contributed by atoms with Gasteiger partial charge in [-0.2, -0.15) is 0 Å². The van der Waals surface area contributed by atoms with Crippen LogP contribution in [0.2, 0.25) is 0 Å². The average molecular weight is 766 g/mol. The van der Waals surface area contributed by atoms with Crippen molar-refractivity contribution >= 4 is 54.4 Å². The number of oxazole rings is 1. The van der Waals surface area contributed by atoms with Gasteiger partial charge in [-0.15, -0.1) is 11.8 Å². The van der Waals surface area contributed by atoms with Gasteiger partial charge in [0.05, 0.1) is 18.8 Å². The SMILES string of the molecule is BC1CC=C(CO[C@@H]2C[C@@H](C(=O)N[C@@H](CCCCN)C(=O)c3nc4ccccc4o3)N(C(=O)[C@@H](CCc3ccccc3)NC(=O)OCc3ccccc3)C2)S1. The van der Waals surface area contributed by atoms with Crippen molar-refractivity contribution in [3.05, 3.63) is 113 Å². The molecule has 2 aliphatic heterocycles. The first-order chi connectivity index (χ1) is 26.8. The molecule has 288 valence electrons. The summed E-state index contributed by atoms with van der Waals surface area (Å²) in [6.45, 7) is 0.961. The van der Waals surface area contributed by atoms with E-state index in [1.807, 2.05) is 60.7 Å². The fraction of sp³-hybridized carbons (Fsp3) is 0.390. The van der Waals surface area contributed by atoms with Crippen molar-refractivity contribution in [2.45, 2.75) is 80.9 Å². The number of aromatic nitrogens is 1. The second-order valence-corrected chi connectivity index (χ2v) is 15.6. The van der Waals surface area contributed by atoms with Gasteiger partial charge in [-0.3, -0.25) is 14.4 Å². The van der Waals surface area contributed by atoms with Crippen LogP contribution in [0.1, 0.15) is 60.3 Å². The first-order valence-corrected chi connectivity index (χ1v) is 19.8. The Morgan fingerprint density at radius 3 is 2.35 bits per heavy atom. The molecule has 5 atom stereocenters. The number of rotatable bonds is 18. The third kappa shape index (κ3) is 11.1. The first kappa shape index (κ1) is 39.8. The molecule has 3 heterocycles. The van der Waals surface area contributed by atoms with Crippen LogP contribution in [-0.4, -0.2) is 90.5 Å². The number of para-hydroxylation sites is 2. The Kier molecular flexibility index (Phi) is 14.2. The summed E-state index contributed by atoms with van der Waals surface area (Å²) in [4.78, 5) is 62.9. The number of Topliss-reactive ketones (excluding diaryl/α,β-unsaturated/α-hetero) is 1. The molecule has 3 amide bonds. The van der Waals surface area contributed by atoms with Crippen LogP contribution in [0.15, 0.2) is 100 Å². The van der Waals surface area contributed by atoms with E-state index >= 15 is 0 Å². The molecule has 4 N–H and O–H groups in total. The Labute approximate surface area is 326 Å². The molecule has 0 spiro atoms.